The second-order valence-corrected chi connectivity index (χ2v) is 4.42. The van der Waals surface area contributed by atoms with E-state index in [0.29, 0.717) is 17.0 Å². The number of benzene rings is 1. The van der Waals surface area contributed by atoms with Crippen molar-refractivity contribution in [3.05, 3.63) is 34.6 Å². The van der Waals surface area contributed by atoms with Crippen LogP contribution in [0, 0.1) is 17.7 Å². The first kappa shape index (κ1) is 13.0. The summed E-state index contributed by atoms with van der Waals surface area (Å²) >= 11 is 5.87. The highest BCUT2D eigenvalue weighted by Gasteiger charge is 2.21. The van der Waals surface area contributed by atoms with Crippen LogP contribution in [0.2, 0.25) is 5.02 Å². The predicted octanol–water partition coefficient (Wildman–Crippen LogP) is 3.38. The Morgan fingerprint density at radius 3 is 2.62 bits per heavy atom. The molecule has 2 nitrogen and oxygen atoms in total. The molecule has 88 valence electrons. The van der Waals surface area contributed by atoms with Crippen molar-refractivity contribution in [2.75, 3.05) is 0 Å². The molecule has 2 atom stereocenters. The normalized spacial score (nSPS) is 14.5. The summed E-state index contributed by atoms with van der Waals surface area (Å²) < 4.78 is 13.4. The first-order valence-electron chi connectivity index (χ1n) is 5.09. The Morgan fingerprint density at radius 1 is 1.50 bits per heavy atom. The molecule has 0 aliphatic carbocycles. The highest BCUT2D eigenvalue weighted by atomic mass is 35.5. The maximum atomic E-state index is 13.4. The van der Waals surface area contributed by atoms with Gasteiger partial charge in [-0.3, -0.25) is 4.79 Å². The fraction of sp³-hybridized carbons (Fsp3) is 0.417. The van der Waals surface area contributed by atoms with Crippen LogP contribution in [0.3, 0.4) is 0 Å². The van der Waals surface area contributed by atoms with E-state index in [0.717, 1.165) is 0 Å². The molecule has 0 amide bonds. The van der Waals surface area contributed by atoms with Gasteiger partial charge in [0.1, 0.15) is 5.82 Å². The number of carbonyl (C=O) groups is 1. The van der Waals surface area contributed by atoms with Crippen molar-refractivity contribution in [3.63, 3.8) is 0 Å². The fourth-order valence-electron chi connectivity index (χ4n) is 1.47. The Balaban J connectivity index is 2.84. The number of hydrogen-bond donors (Lipinski definition) is 1. The largest absolute Gasteiger partial charge is 0.481 e. The summed E-state index contributed by atoms with van der Waals surface area (Å²) in [6.07, 6.45) is 0.332. The quantitative estimate of drug-likeness (QED) is 0.882. The number of halogens is 2. The monoisotopic (exact) mass is 244 g/mol. The molecule has 0 aromatic heterocycles. The Bertz CT molecular complexity index is 372. The molecule has 1 aromatic rings. The van der Waals surface area contributed by atoms with Crippen molar-refractivity contribution in [1.82, 2.24) is 0 Å². The molecule has 1 rings (SSSR count). The van der Waals surface area contributed by atoms with Gasteiger partial charge in [0.25, 0.3) is 0 Å². The standard InChI is InChI=1S/C12H14ClFO2/c1-7(8(2)12(15)16)6-9-10(13)4-3-5-11(9)14/h3-5,7-8H,6H2,1-2H3,(H,15,16). The molecular formula is C12H14ClFO2. The van der Waals surface area contributed by atoms with Crippen LogP contribution in [0.1, 0.15) is 19.4 Å². The van der Waals surface area contributed by atoms with Crippen molar-refractivity contribution in [1.29, 1.82) is 0 Å². The van der Waals surface area contributed by atoms with E-state index in [1.807, 2.05) is 0 Å². The van der Waals surface area contributed by atoms with Crippen LogP contribution in [0.15, 0.2) is 18.2 Å². The minimum absolute atomic E-state index is 0.160. The van der Waals surface area contributed by atoms with Gasteiger partial charge < -0.3 is 5.11 Å². The maximum absolute atomic E-state index is 13.4. The lowest BCUT2D eigenvalue weighted by molar-refractivity contribution is -0.142. The van der Waals surface area contributed by atoms with Crippen molar-refractivity contribution >= 4 is 17.6 Å². The van der Waals surface area contributed by atoms with Crippen molar-refractivity contribution in [2.45, 2.75) is 20.3 Å². The molecule has 0 aliphatic heterocycles. The minimum atomic E-state index is -0.875. The molecule has 2 unspecified atom stereocenters. The maximum Gasteiger partial charge on any atom is 0.306 e. The van der Waals surface area contributed by atoms with E-state index in [-0.39, 0.29) is 11.7 Å². The van der Waals surface area contributed by atoms with Gasteiger partial charge in [-0.15, -0.1) is 0 Å². The second kappa shape index (κ2) is 5.30. The summed E-state index contributed by atoms with van der Waals surface area (Å²) in [7, 11) is 0. The van der Waals surface area contributed by atoms with E-state index in [2.05, 4.69) is 0 Å². The lowest BCUT2D eigenvalue weighted by Gasteiger charge is -2.16. The summed E-state index contributed by atoms with van der Waals surface area (Å²) in [4.78, 5) is 10.8. The second-order valence-electron chi connectivity index (χ2n) is 4.01. The fourth-order valence-corrected chi connectivity index (χ4v) is 1.71. The molecule has 0 fully saturated rings. The summed E-state index contributed by atoms with van der Waals surface area (Å²) in [6.45, 7) is 3.39. The average molecular weight is 245 g/mol. The molecule has 0 aliphatic rings. The predicted molar refractivity (Wildman–Crippen MR) is 61.1 cm³/mol. The first-order valence-corrected chi connectivity index (χ1v) is 5.47. The molecule has 0 heterocycles. The highest BCUT2D eigenvalue weighted by Crippen LogP contribution is 2.25. The van der Waals surface area contributed by atoms with E-state index in [1.165, 1.54) is 12.1 Å². The van der Waals surface area contributed by atoms with E-state index >= 15 is 0 Å². The van der Waals surface area contributed by atoms with Gasteiger partial charge in [-0.2, -0.15) is 0 Å². The third kappa shape index (κ3) is 2.95. The van der Waals surface area contributed by atoms with Gasteiger partial charge in [-0.25, -0.2) is 4.39 Å². The first-order chi connectivity index (χ1) is 7.43. The van der Waals surface area contributed by atoms with Crippen LogP contribution in [-0.2, 0) is 11.2 Å². The third-order valence-electron chi connectivity index (χ3n) is 2.83. The smallest absolute Gasteiger partial charge is 0.306 e. The summed E-state index contributed by atoms with van der Waals surface area (Å²) in [5.74, 6) is -1.93. The van der Waals surface area contributed by atoms with Crippen LogP contribution < -0.4 is 0 Å². The Hall–Kier alpha value is -1.09. The third-order valence-corrected chi connectivity index (χ3v) is 3.18. The van der Waals surface area contributed by atoms with Crippen molar-refractivity contribution < 1.29 is 14.3 Å². The zero-order valence-electron chi connectivity index (χ0n) is 9.21. The summed E-state index contributed by atoms with van der Waals surface area (Å²) in [5, 5.41) is 9.19. The van der Waals surface area contributed by atoms with E-state index in [9.17, 15) is 9.18 Å². The van der Waals surface area contributed by atoms with E-state index in [4.69, 9.17) is 16.7 Å². The van der Waals surface area contributed by atoms with Gasteiger partial charge in [0, 0.05) is 10.6 Å². The summed E-state index contributed by atoms with van der Waals surface area (Å²) in [5.41, 5.74) is 0.393. The van der Waals surface area contributed by atoms with Crippen LogP contribution in [0.4, 0.5) is 4.39 Å². The average Bonchev–Trinajstić information content (AvgIpc) is 2.22. The van der Waals surface area contributed by atoms with Gasteiger partial charge in [0.15, 0.2) is 0 Å². The number of carboxylic acids is 1. The molecule has 1 N–H and O–H groups in total. The van der Waals surface area contributed by atoms with Crippen LogP contribution >= 0.6 is 11.6 Å². The van der Waals surface area contributed by atoms with Gasteiger partial charge in [0.2, 0.25) is 0 Å². The molecule has 0 spiro atoms. The van der Waals surface area contributed by atoms with Gasteiger partial charge in [0.05, 0.1) is 5.92 Å². The number of aliphatic carboxylic acids is 1. The van der Waals surface area contributed by atoms with Crippen LogP contribution in [-0.4, -0.2) is 11.1 Å². The SMILES string of the molecule is CC(Cc1c(F)cccc1Cl)C(C)C(=O)O. The number of carboxylic acid groups (broad SMARTS) is 1. The lowest BCUT2D eigenvalue weighted by Crippen LogP contribution is -2.20. The van der Waals surface area contributed by atoms with Gasteiger partial charge in [-0.05, 0) is 24.5 Å². The molecule has 4 heteroatoms. The number of rotatable bonds is 4. The van der Waals surface area contributed by atoms with Gasteiger partial charge >= 0.3 is 5.97 Å². The lowest BCUT2D eigenvalue weighted by atomic mass is 9.89. The highest BCUT2D eigenvalue weighted by molar-refractivity contribution is 6.31. The van der Waals surface area contributed by atoms with Crippen LogP contribution in [0.5, 0.6) is 0 Å². The topological polar surface area (TPSA) is 37.3 Å². The Labute approximate surface area is 99.0 Å². The van der Waals surface area contributed by atoms with Crippen molar-refractivity contribution in [3.8, 4) is 0 Å². The van der Waals surface area contributed by atoms with Crippen molar-refractivity contribution in [2.24, 2.45) is 11.8 Å². The van der Waals surface area contributed by atoms with Crippen LogP contribution in [0.25, 0.3) is 0 Å². The molecule has 0 saturated heterocycles. The summed E-state index contributed by atoms with van der Waals surface area (Å²) in [6, 6.07) is 4.48. The molecule has 0 saturated carbocycles. The molecule has 1 aromatic carbocycles. The van der Waals surface area contributed by atoms with Gasteiger partial charge in [-0.1, -0.05) is 31.5 Å². The molecule has 0 bridgehead atoms. The zero-order valence-corrected chi connectivity index (χ0v) is 9.96. The molecule has 16 heavy (non-hydrogen) atoms. The number of hydrogen-bond acceptors (Lipinski definition) is 1. The van der Waals surface area contributed by atoms with E-state index < -0.39 is 11.9 Å². The molecule has 0 radical (unpaired) electrons. The minimum Gasteiger partial charge on any atom is -0.481 e. The zero-order chi connectivity index (χ0) is 12.3. The van der Waals surface area contributed by atoms with E-state index in [1.54, 1.807) is 19.9 Å². The Morgan fingerprint density at radius 2 is 2.12 bits per heavy atom. The Kier molecular flexibility index (Phi) is 4.30. The molecular weight excluding hydrogens is 231 g/mol.